The van der Waals surface area contributed by atoms with Gasteiger partial charge in [0, 0.05) is 6.04 Å². The van der Waals surface area contributed by atoms with Gasteiger partial charge in [0.2, 0.25) is 0 Å². The van der Waals surface area contributed by atoms with E-state index < -0.39 is 0 Å². The van der Waals surface area contributed by atoms with E-state index in [1.54, 1.807) is 0 Å². The minimum Gasteiger partial charge on any atom is -0.412 e. The molecule has 0 aliphatic rings. The minimum absolute atomic E-state index is 0. The van der Waals surface area contributed by atoms with Crippen molar-refractivity contribution in [3.05, 3.63) is 34.9 Å². The number of hydrogen-bond acceptors (Lipinski definition) is 1. The summed E-state index contributed by atoms with van der Waals surface area (Å²) in [6.45, 7) is 6.73. The molecule has 19 heavy (non-hydrogen) atoms. The fourth-order valence-corrected chi connectivity index (χ4v) is 2.64. The predicted molar refractivity (Wildman–Crippen MR) is 84.5 cm³/mol. The summed E-state index contributed by atoms with van der Waals surface area (Å²) in [6, 6.07) is 6.93. The van der Waals surface area contributed by atoms with Gasteiger partial charge >= 0.3 is 0 Å². The molecule has 110 valence electrons. The van der Waals surface area contributed by atoms with Crippen molar-refractivity contribution in [3.63, 3.8) is 0 Å². The van der Waals surface area contributed by atoms with E-state index in [1.807, 2.05) is 0 Å². The molecule has 1 aromatic carbocycles. The molecule has 0 spiro atoms. The Morgan fingerprint density at radius 3 is 2.26 bits per heavy atom. The van der Waals surface area contributed by atoms with Crippen molar-refractivity contribution < 1.29 is 5.48 Å². The third kappa shape index (κ3) is 5.33. The van der Waals surface area contributed by atoms with Crippen molar-refractivity contribution in [3.8, 4) is 0 Å². The molecular formula is C17H31NO. The molecule has 0 amide bonds. The van der Waals surface area contributed by atoms with Crippen molar-refractivity contribution in [1.29, 1.82) is 0 Å². The number of benzene rings is 1. The Morgan fingerprint density at radius 2 is 1.68 bits per heavy atom. The van der Waals surface area contributed by atoms with Gasteiger partial charge in [0.1, 0.15) is 0 Å². The van der Waals surface area contributed by atoms with Crippen molar-refractivity contribution >= 4 is 0 Å². The van der Waals surface area contributed by atoms with Crippen molar-refractivity contribution in [2.24, 2.45) is 5.73 Å². The molecule has 0 aromatic heterocycles. The van der Waals surface area contributed by atoms with Gasteiger partial charge in [0.05, 0.1) is 0 Å². The van der Waals surface area contributed by atoms with Crippen LogP contribution >= 0.6 is 0 Å². The molecule has 0 radical (unpaired) electrons. The molecule has 1 rings (SSSR count). The summed E-state index contributed by atoms with van der Waals surface area (Å²) in [6.07, 6.45) is 8.34. The zero-order chi connectivity index (χ0) is 13.4. The summed E-state index contributed by atoms with van der Waals surface area (Å²) < 4.78 is 0. The van der Waals surface area contributed by atoms with E-state index in [1.165, 1.54) is 55.2 Å². The van der Waals surface area contributed by atoms with Gasteiger partial charge in [-0.25, -0.2) is 0 Å². The van der Waals surface area contributed by atoms with Gasteiger partial charge in [-0.05, 0) is 36.0 Å². The molecule has 0 heterocycles. The highest BCUT2D eigenvalue weighted by Gasteiger charge is 2.13. The highest BCUT2D eigenvalue weighted by molar-refractivity contribution is 5.37. The highest BCUT2D eigenvalue weighted by Crippen LogP contribution is 2.25. The third-order valence-corrected chi connectivity index (χ3v) is 3.60. The van der Waals surface area contributed by atoms with Gasteiger partial charge in [-0.1, -0.05) is 64.7 Å². The zero-order valence-corrected chi connectivity index (χ0v) is 12.8. The van der Waals surface area contributed by atoms with Gasteiger partial charge in [-0.3, -0.25) is 0 Å². The van der Waals surface area contributed by atoms with Crippen LogP contribution in [0.1, 0.15) is 75.6 Å². The third-order valence-electron chi connectivity index (χ3n) is 3.60. The van der Waals surface area contributed by atoms with E-state index in [0.717, 1.165) is 6.42 Å². The first-order valence-electron chi connectivity index (χ1n) is 7.60. The summed E-state index contributed by atoms with van der Waals surface area (Å²) in [5, 5.41) is 0. The molecule has 0 bridgehead atoms. The number of unbranched alkanes of at least 4 members (excludes halogenated alkanes) is 1. The average molecular weight is 265 g/mol. The van der Waals surface area contributed by atoms with Crippen LogP contribution in [0.15, 0.2) is 18.2 Å². The molecule has 1 atom stereocenters. The molecule has 0 saturated carbocycles. The van der Waals surface area contributed by atoms with E-state index in [-0.39, 0.29) is 11.5 Å². The molecular weight excluding hydrogens is 234 g/mol. The molecule has 2 nitrogen and oxygen atoms in total. The first-order valence-corrected chi connectivity index (χ1v) is 7.60. The number of nitrogens with two attached hydrogens (primary N) is 1. The number of hydrogen-bond donors (Lipinski definition) is 1. The Bertz CT molecular complexity index is 349. The summed E-state index contributed by atoms with van der Waals surface area (Å²) >= 11 is 0. The van der Waals surface area contributed by atoms with Gasteiger partial charge in [-0.2, -0.15) is 0 Å². The molecule has 0 fully saturated rings. The summed E-state index contributed by atoms with van der Waals surface area (Å²) in [4.78, 5) is 0. The second-order valence-electron chi connectivity index (χ2n) is 5.23. The fourth-order valence-electron chi connectivity index (χ4n) is 2.64. The molecule has 0 saturated heterocycles. The number of rotatable bonds is 8. The molecule has 0 aliphatic carbocycles. The van der Waals surface area contributed by atoms with Crippen LogP contribution in [-0.2, 0) is 12.8 Å². The minimum atomic E-state index is 0. The number of aryl methyl sites for hydroxylation is 1. The lowest BCUT2D eigenvalue weighted by atomic mass is 9.89. The van der Waals surface area contributed by atoms with Gasteiger partial charge < -0.3 is 11.2 Å². The van der Waals surface area contributed by atoms with E-state index in [4.69, 9.17) is 5.73 Å². The predicted octanol–water partition coefficient (Wildman–Crippen LogP) is 3.96. The quantitative estimate of drug-likeness (QED) is 0.760. The van der Waals surface area contributed by atoms with E-state index >= 15 is 0 Å². The van der Waals surface area contributed by atoms with Crippen LogP contribution in [-0.4, -0.2) is 5.48 Å². The van der Waals surface area contributed by atoms with Crippen LogP contribution in [0.5, 0.6) is 0 Å². The standard InChI is InChI=1S/C17H29N.H2O/c1-4-7-13-17(18)16-12-8-11-14(9-5-2)15(16)10-6-3;/h8,11-12,17H,4-7,9-10,13,18H2,1-3H3;1H2. The SMILES string of the molecule is CCCCC(N)c1cccc(CCC)c1CCC.O. The first kappa shape index (κ1) is 18.1. The second kappa shape index (κ2) is 9.99. The normalized spacial score (nSPS) is 12.0. The lowest BCUT2D eigenvalue weighted by Gasteiger charge is -2.19. The monoisotopic (exact) mass is 265 g/mol. The van der Waals surface area contributed by atoms with Crippen LogP contribution in [0, 0.1) is 0 Å². The van der Waals surface area contributed by atoms with Crippen LogP contribution in [0.4, 0.5) is 0 Å². The maximum absolute atomic E-state index is 6.38. The van der Waals surface area contributed by atoms with E-state index in [0.29, 0.717) is 0 Å². The van der Waals surface area contributed by atoms with Gasteiger partial charge in [-0.15, -0.1) is 0 Å². The topological polar surface area (TPSA) is 57.5 Å². The summed E-state index contributed by atoms with van der Waals surface area (Å²) in [5.74, 6) is 0. The molecule has 1 aromatic rings. The Morgan fingerprint density at radius 1 is 1.00 bits per heavy atom. The Balaban J connectivity index is 0.00000324. The van der Waals surface area contributed by atoms with Crippen molar-refractivity contribution in [2.45, 2.75) is 71.8 Å². The van der Waals surface area contributed by atoms with Crippen molar-refractivity contribution in [2.75, 3.05) is 0 Å². The first-order chi connectivity index (χ1) is 8.74. The Labute approximate surface area is 118 Å². The largest absolute Gasteiger partial charge is 0.412 e. The fraction of sp³-hybridized carbons (Fsp3) is 0.647. The summed E-state index contributed by atoms with van der Waals surface area (Å²) in [5.41, 5.74) is 10.8. The highest BCUT2D eigenvalue weighted by atomic mass is 16.0. The lowest BCUT2D eigenvalue weighted by Crippen LogP contribution is -2.14. The Kier molecular flexibility index (Phi) is 9.54. The Hall–Kier alpha value is -0.860. The summed E-state index contributed by atoms with van der Waals surface area (Å²) in [7, 11) is 0. The van der Waals surface area contributed by atoms with Crippen LogP contribution in [0.2, 0.25) is 0 Å². The smallest absolute Gasteiger partial charge is 0.0297 e. The molecule has 1 unspecified atom stereocenters. The molecule has 4 N–H and O–H groups in total. The zero-order valence-electron chi connectivity index (χ0n) is 12.8. The second-order valence-corrected chi connectivity index (χ2v) is 5.23. The van der Waals surface area contributed by atoms with Crippen LogP contribution < -0.4 is 5.73 Å². The van der Waals surface area contributed by atoms with E-state index in [9.17, 15) is 0 Å². The lowest BCUT2D eigenvalue weighted by molar-refractivity contribution is 0.596. The van der Waals surface area contributed by atoms with Crippen LogP contribution in [0.25, 0.3) is 0 Å². The average Bonchev–Trinajstić information content (AvgIpc) is 2.38. The van der Waals surface area contributed by atoms with E-state index in [2.05, 4.69) is 39.0 Å². The molecule has 2 heteroatoms. The van der Waals surface area contributed by atoms with Gasteiger partial charge in [0.15, 0.2) is 0 Å². The van der Waals surface area contributed by atoms with Gasteiger partial charge in [0.25, 0.3) is 0 Å². The van der Waals surface area contributed by atoms with Crippen molar-refractivity contribution in [1.82, 2.24) is 0 Å². The maximum atomic E-state index is 6.38. The maximum Gasteiger partial charge on any atom is 0.0297 e. The molecule has 0 aliphatic heterocycles. The van der Waals surface area contributed by atoms with Crippen LogP contribution in [0.3, 0.4) is 0 Å².